The summed E-state index contributed by atoms with van der Waals surface area (Å²) in [6.45, 7) is 0.589. The molecule has 0 radical (unpaired) electrons. The summed E-state index contributed by atoms with van der Waals surface area (Å²) in [4.78, 5) is 4.31. The number of pyridine rings is 1. The van der Waals surface area contributed by atoms with E-state index >= 15 is 0 Å². The van der Waals surface area contributed by atoms with Crippen LogP contribution in [0.2, 0.25) is 0 Å². The van der Waals surface area contributed by atoms with Crippen molar-refractivity contribution in [3.63, 3.8) is 0 Å². The van der Waals surface area contributed by atoms with Gasteiger partial charge in [-0.15, -0.1) is 0 Å². The fraction of sp³-hybridized carbons (Fsp3) is 0.0625. The predicted molar refractivity (Wildman–Crippen MR) is 75.5 cm³/mol. The lowest BCUT2D eigenvalue weighted by Gasteiger charge is -2.09. The number of fused-ring (bicyclic) bond motifs is 1. The summed E-state index contributed by atoms with van der Waals surface area (Å²) in [6.07, 6.45) is 1.78. The third kappa shape index (κ3) is 2.55. The molecule has 0 aliphatic heterocycles. The molecule has 1 N–H and O–H groups in total. The largest absolute Gasteiger partial charge is 0.380 e. The van der Waals surface area contributed by atoms with Gasteiger partial charge in [-0.3, -0.25) is 4.98 Å². The quantitative estimate of drug-likeness (QED) is 0.762. The van der Waals surface area contributed by atoms with Gasteiger partial charge in [0.2, 0.25) is 0 Å². The summed E-state index contributed by atoms with van der Waals surface area (Å²) in [5.41, 5.74) is 2.88. The third-order valence-corrected chi connectivity index (χ3v) is 3.02. The summed E-state index contributed by atoms with van der Waals surface area (Å²) in [7, 11) is 0. The van der Waals surface area contributed by atoms with E-state index in [0.717, 1.165) is 22.2 Å². The Morgan fingerprint density at radius 1 is 1.00 bits per heavy atom. The molecule has 3 aromatic rings. The monoisotopic (exact) mass is 252 g/mol. The zero-order valence-corrected chi connectivity index (χ0v) is 10.3. The van der Waals surface area contributed by atoms with E-state index in [-0.39, 0.29) is 5.82 Å². The molecule has 1 aromatic heterocycles. The average Bonchev–Trinajstić information content (AvgIpc) is 2.45. The van der Waals surface area contributed by atoms with Gasteiger partial charge in [-0.1, -0.05) is 18.2 Å². The molecular formula is C16H13FN2. The van der Waals surface area contributed by atoms with E-state index in [1.807, 2.05) is 36.4 Å². The van der Waals surface area contributed by atoms with Gasteiger partial charge in [-0.2, -0.15) is 0 Å². The van der Waals surface area contributed by atoms with Crippen LogP contribution in [0.1, 0.15) is 5.56 Å². The van der Waals surface area contributed by atoms with Gasteiger partial charge in [0.15, 0.2) is 0 Å². The number of aromatic nitrogens is 1. The van der Waals surface area contributed by atoms with Crippen molar-refractivity contribution in [1.29, 1.82) is 0 Å². The number of hydrogen-bond acceptors (Lipinski definition) is 2. The van der Waals surface area contributed by atoms with E-state index < -0.39 is 0 Å². The van der Waals surface area contributed by atoms with Crippen molar-refractivity contribution < 1.29 is 4.39 Å². The summed E-state index contributed by atoms with van der Waals surface area (Å²) >= 11 is 0. The zero-order chi connectivity index (χ0) is 13.1. The normalized spacial score (nSPS) is 10.6. The Hall–Kier alpha value is -2.42. The number of rotatable bonds is 3. The third-order valence-electron chi connectivity index (χ3n) is 3.02. The van der Waals surface area contributed by atoms with E-state index in [2.05, 4.69) is 10.3 Å². The first kappa shape index (κ1) is 11.7. The second-order valence-corrected chi connectivity index (χ2v) is 4.36. The smallest absolute Gasteiger partial charge is 0.123 e. The van der Waals surface area contributed by atoms with Crippen LogP contribution in [0.3, 0.4) is 0 Å². The molecule has 0 atom stereocenters. The van der Waals surface area contributed by atoms with Crippen molar-refractivity contribution in [1.82, 2.24) is 4.98 Å². The number of halogens is 1. The van der Waals surface area contributed by atoms with Gasteiger partial charge in [-0.05, 0) is 42.0 Å². The highest BCUT2D eigenvalue weighted by molar-refractivity contribution is 5.91. The molecule has 19 heavy (non-hydrogen) atoms. The van der Waals surface area contributed by atoms with Crippen molar-refractivity contribution in [2.45, 2.75) is 6.54 Å². The van der Waals surface area contributed by atoms with Crippen molar-refractivity contribution >= 4 is 16.6 Å². The molecule has 3 rings (SSSR count). The van der Waals surface area contributed by atoms with Crippen LogP contribution in [0.4, 0.5) is 10.1 Å². The molecule has 0 aliphatic rings. The van der Waals surface area contributed by atoms with Gasteiger partial charge in [0.25, 0.3) is 0 Å². The summed E-state index contributed by atoms with van der Waals surface area (Å²) in [6, 6.07) is 16.5. The van der Waals surface area contributed by atoms with Crippen LogP contribution >= 0.6 is 0 Å². The minimum Gasteiger partial charge on any atom is -0.380 e. The van der Waals surface area contributed by atoms with Crippen LogP contribution in [0.5, 0.6) is 0 Å². The molecule has 2 nitrogen and oxygen atoms in total. The van der Waals surface area contributed by atoms with Crippen LogP contribution in [0.25, 0.3) is 10.9 Å². The molecule has 0 unspecified atom stereocenters. The second kappa shape index (κ2) is 5.06. The second-order valence-electron chi connectivity index (χ2n) is 4.36. The van der Waals surface area contributed by atoms with Gasteiger partial charge < -0.3 is 5.32 Å². The topological polar surface area (TPSA) is 24.9 Å². The van der Waals surface area contributed by atoms with E-state index in [1.54, 1.807) is 12.3 Å². The number of nitrogens with zero attached hydrogens (tertiary/aromatic N) is 1. The van der Waals surface area contributed by atoms with Gasteiger partial charge in [0.05, 0.1) is 5.52 Å². The Morgan fingerprint density at radius 2 is 1.89 bits per heavy atom. The molecule has 1 heterocycles. The molecule has 0 saturated heterocycles. The number of benzene rings is 2. The standard InChI is InChI=1S/C16H13FN2/c17-13-5-1-4-12(10-13)11-19-16-8-2-7-15-14(16)6-3-9-18-15/h1-10,19H,11H2. The molecule has 2 aromatic carbocycles. The Bertz CT molecular complexity index is 704. The van der Waals surface area contributed by atoms with Crippen LogP contribution in [0, 0.1) is 5.82 Å². The fourth-order valence-electron chi connectivity index (χ4n) is 2.10. The Morgan fingerprint density at radius 3 is 2.79 bits per heavy atom. The first-order valence-corrected chi connectivity index (χ1v) is 6.15. The van der Waals surface area contributed by atoms with Crippen LogP contribution in [0.15, 0.2) is 60.8 Å². The first-order chi connectivity index (χ1) is 9.33. The molecule has 0 saturated carbocycles. The predicted octanol–water partition coefficient (Wildman–Crippen LogP) is 3.99. The van der Waals surface area contributed by atoms with Crippen LogP contribution in [-0.2, 0) is 6.54 Å². The lowest BCUT2D eigenvalue weighted by Crippen LogP contribution is -2.00. The minimum absolute atomic E-state index is 0.209. The van der Waals surface area contributed by atoms with Gasteiger partial charge in [0.1, 0.15) is 5.82 Å². The summed E-state index contributed by atoms with van der Waals surface area (Å²) < 4.78 is 13.1. The highest BCUT2D eigenvalue weighted by atomic mass is 19.1. The molecule has 0 spiro atoms. The van der Waals surface area contributed by atoms with Crippen LogP contribution < -0.4 is 5.32 Å². The minimum atomic E-state index is -0.209. The maximum Gasteiger partial charge on any atom is 0.123 e. The molecule has 0 bridgehead atoms. The van der Waals surface area contributed by atoms with E-state index in [0.29, 0.717) is 6.54 Å². The summed E-state index contributed by atoms with van der Waals surface area (Å²) in [5.74, 6) is -0.209. The van der Waals surface area contributed by atoms with Gasteiger partial charge >= 0.3 is 0 Å². The van der Waals surface area contributed by atoms with Gasteiger partial charge in [-0.25, -0.2) is 4.39 Å². The fourth-order valence-corrected chi connectivity index (χ4v) is 2.10. The Labute approximate surface area is 110 Å². The lowest BCUT2D eigenvalue weighted by molar-refractivity contribution is 0.626. The van der Waals surface area contributed by atoms with E-state index in [4.69, 9.17) is 0 Å². The Kier molecular flexibility index (Phi) is 3.11. The average molecular weight is 252 g/mol. The van der Waals surface area contributed by atoms with Gasteiger partial charge in [0, 0.05) is 23.8 Å². The zero-order valence-electron chi connectivity index (χ0n) is 10.3. The van der Waals surface area contributed by atoms with Crippen molar-refractivity contribution in [2.24, 2.45) is 0 Å². The molecule has 0 amide bonds. The van der Waals surface area contributed by atoms with Crippen LogP contribution in [-0.4, -0.2) is 4.98 Å². The molecule has 3 heteroatoms. The molecular weight excluding hydrogens is 239 g/mol. The highest BCUT2D eigenvalue weighted by Crippen LogP contribution is 2.21. The molecule has 94 valence electrons. The number of hydrogen-bond donors (Lipinski definition) is 1. The highest BCUT2D eigenvalue weighted by Gasteiger charge is 2.01. The van der Waals surface area contributed by atoms with Crippen molar-refractivity contribution in [3.05, 3.63) is 72.2 Å². The SMILES string of the molecule is Fc1cccc(CNc2cccc3ncccc23)c1. The van der Waals surface area contributed by atoms with Crippen molar-refractivity contribution in [3.8, 4) is 0 Å². The molecule has 0 aliphatic carbocycles. The number of anilines is 1. The van der Waals surface area contributed by atoms with Crippen molar-refractivity contribution in [2.75, 3.05) is 5.32 Å². The first-order valence-electron chi connectivity index (χ1n) is 6.15. The maximum absolute atomic E-state index is 13.1. The van der Waals surface area contributed by atoms with E-state index in [9.17, 15) is 4.39 Å². The lowest BCUT2D eigenvalue weighted by atomic mass is 10.1. The summed E-state index contributed by atoms with van der Waals surface area (Å²) in [5, 5.41) is 4.40. The number of nitrogens with one attached hydrogen (secondary N) is 1. The molecule has 0 fully saturated rings. The Balaban J connectivity index is 1.86. The van der Waals surface area contributed by atoms with E-state index in [1.165, 1.54) is 12.1 Å². The maximum atomic E-state index is 13.1.